The number of benzene rings is 2. The van der Waals surface area contributed by atoms with Crippen LogP contribution < -0.4 is 5.32 Å². The molecule has 4 rings (SSSR count). The summed E-state index contributed by atoms with van der Waals surface area (Å²) < 4.78 is 15.6. The third-order valence-corrected chi connectivity index (χ3v) is 4.60. The lowest BCUT2D eigenvalue weighted by Gasteiger charge is -2.25. The second-order valence-electron chi connectivity index (χ2n) is 5.96. The van der Waals surface area contributed by atoms with Crippen molar-refractivity contribution in [3.8, 4) is 11.1 Å². The molecule has 1 aromatic heterocycles. The first-order valence-electron chi connectivity index (χ1n) is 7.89. The fraction of sp³-hybridized carbons (Fsp3) is 0.263. The van der Waals surface area contributed by atoms with Gasteiger partial charge in [0.2, 0.25) is 0 Å². The largest absolute Gasteiger partial charge is 0.344 e. The molecule has 0 atom stereocenters. The van der Waals surface area contributed by atoms with Crippen molar-refractivity contribution >= 4 is 10.9 Å². The van der Waals surface area contributed by atoms with Gasteiger partial charge in [0.15, 0.2) is 0 Å². The van der Waals surface area contributed by atoms with Gasteiger partial charge < -0.3 is 9.88 Å². The van der Waals surface area contributed by atoms with E-state index in [4.69, 9.17) is 0 Å². The maximum atomic E-state index is 13.2. The van der Waals surface area contributed by atoms with Gasteiger partial charge in [-0.3, -0.25) is 0 Å². The number of fused-ring (bicyclic) bond motifs is 1. The van der Waals surface area contributed by atoms with E-state index < -0.39 is 0 Å². The van der Waals surface area contributed by atoms with Gasteiger partial charge in [0.1, 0.15) is 5.82 Å². The smallest absolute Gasteiger partial charge is 0.123 e. The number of nitrogens with one attached hydrogen (secondary N) is 1. The Bertz CT molecular complexity index is 783. The Kier molecular flexibility index (Phi) is 3.43. The van der Waals surface area contributed by atoms with Crippen LogP contribution in [0.1, 0.15) is 18.9 Å². The first-order chi connectivity index (χ1) is 10.8. The summed E-state index contributed by atoms with van der Waals surface area (Å²) in [7, 11) is 0. The monoisotopic (exact) mass is 294 g/mol. The van der Waals surface area contributed by atoms with Crippen molar-refractivity contribution in [3.63, 3.8) is 0 Å². The van der Waals surface area contributed by atoms with E-state index in [0.29, 0.717) is 6.04 Å². The van der Waals surface area contributed by atoms with Gasteiger partial charge in [-0.05, 0) is 49.7 Å². The van der Waals surface area contributed by atoms with Gasteiger partial charge >= 0.3 is 0 Å². The van der Waals surface area contributed by atoms with E-state index in [1.165, 1.54) is 28.6 Å². The Morgan fingerprint density at radius 2 is 1.68 bits per heavy atom. The first-order valence-corrected chi connectivity index (χ1v) is 7.89. The van der Waals surface area contributed by atoms with Gasteiger partial charge in [0.25, 0.3) is 0 Å². The summed E-state index contributed by atoms with van der Waals surface area (Å²) in [6.07, 6.45) is 4.55. The van der Waals surface area contributed by atoms with Gasteiger partial charge in [-0.15, -0.1) is 0 Å². The Hall–Kier alpha value is -2.13. The van der Waals surface area contributed by atoms with Crippen LogP contribution in [0.3, 0.4) is 0 Å². The SMILES string of the molecule is Fc1ccc(-c2cn(C3CCNCC3)c3ccccc23)cc1. The van der Waals surface area contributed by atoms with E-state index in [1.807, 2.05) is 12.1 Å². The molecule has 2 nitrogen and oxygen atoms in total. The third kappa shape index (κ3) is 2.32. The Labute approximate surface area is 129 Å². The summed E-state index contributed by atoms with van der Waals surface area (Å²) >= 11 is 0. The molecule has 22 heavy (non-hydrogen) atoms. The van der Waals surface area contributed by atoms with Crippen molar-refractivity contribution < 1.29 is 4.39 Å². The van der Waals surface area contributed by atoms with Crippen molar-refractivity contribution in [1.82, 2.24) is 9.88 Å². The van der Waals surface area contributed by atoms with Crippen LogP contribution in [0, 0.1) is 5.82 Å². The molecule has 0 amide bonds. The molecule has 0 aliphatic carbocycles. The second-order valence-corrected chi connectivity index (χ2v) is 5.96. The minimum Gasteiger partial charge on any atom is -0.344 e. The minimum atomic E-state index is -0.189. The molecule has 1 saturated heterocycles. The standard InChI is InChI=1S/C19H19FN2/c20-15-7-5-14(6-8-15)18-13-22(16-9-11-21-12-10-16)19-4-2-1-3-17(18)19/h1-8,13,16,21H,9-12H2. The number of rotatable bonds is 2. The molecule has 1 fully saturated rings. The van der Waals surface area contributed by atoms with Gasteiger partial charge in [0.05, 0.1) is 0 Å². The van der Waals surface area contributed by atoms with Crippen molar-refractivity contribution in [1.29, 1.82) is 0 Å². The average molecular weight is 294 g/mol. The van der Waals surface area contributed by atoms with E-state index in [1.54, 1.807) is 0 Å². The van der Waals surface area contributed by atoms with E-state index in [0.717, 1.165) is 31.5 Å². The highest BCUT2D eigenvalue weighted by Crippen LogP contribution is 2.34. The Morgan fingerprint density at radius 3 is 2.45 bits per heavy atom. The molecule has 1 N–H and O–H groups in total. The van der Waals surface area contributed by atoms with Crippen LogP contribution in [0.4, 0.5) is 4.39 Å². The van der Waals surface area contributed by atoms with Gasteiger partial charge in [0, 0.05) is 28.7 Å². The molecule has 2 aromatic carbocycles. The highest BCUT2D eigenvalue weighted by molar-refractivity contribution is 5.96. The number of hydrogen-bond acceptors (Lipinski definition) is 1. The van der Waals surface area contributed by atoms with Crippen LogP contribution in [0.15, 0.2) is 54.7 Å². The highest BCUT2D eigenvalue weighted by atomic mass is 19.1. The van der Waals surface area contributed by atoms with Crippen LogP contribution in [-0.2, 0) is 0 Å². The fourth-order valence-electron chi connectivity index (χ4n) is 3.45. The number of hydrogen-bond donors (Lipinski definition) is 1. The van der Waals surface area contributed by atoms with E-state index in [2.05, 4.69) is 40.3 Å². The van der Waals surface area contributed by atoms with Crippen molar-refractivity contribution in [3.05, 3.63) is 60.5 Å². The summed E-state index contributed by atoms with van der Waals surface area (Å²) in [6.45, 7) is 2.14. The van der Waals surface area contributed by atoms with Crippen LogP contribution in [0.5, 0.6) is 0 Å². The summed E-state index contributed by atoms with van der Waals surface area (Å²) in [5, 5.41) is 4.67. The molecule has 1 aliphatic heterocycles. The molecule has 2 heterocycles. The van der Waals surface area contributed by atoms with E-state index in [-0.39, 0.29) is 5.82 Å². The summed E-state index contributed by atoms with van der Waals surface area (Å²) in [6, 6.07) is 15.8. The van der Waals surface area contributed by atoms with Crippen LogP contribution in [-0.4, -0.2) is 17.7 Å². The minimum absolute atomic E-state index is 0.189. The zero-order valence-corrected chi connectivity index (χ0v) is 12.4. The molecular formula is C19H19FN2. The molecule has 0 unspecified atom stereocenters. The normalized spacial score (nSPS) is 16.2. The quantitative estimate of drug-likeness (QED) is 0.742. The van der Waals surface area contributed by atoms with E-state index in [9.17, 15) is 4.39 Å². The van der Waals surface area contributed by atoms with Crippen LogP contribution >= 0.6 is 0 Å². The number of halogens is 1. The second kappa shape index (κ2) is 5.58. The lowest BCUT2D eigenvalue weighted by molar-refractivity contribution is 0.376. The lowest BCUT2D eigenvalue weighted by atomic mass is 10.1. The van der Waals surface area contributed by atoms with Crippen molar-refractivity contribution in [2.45, 2.75) is 18.9 Å². The number of para-hydroxylation sites is 1. The number of nitrogens with zero attached hydrogens (tertiary/aromatic N) is 1. The molecule has 0 saturated carbocycles. The van der Waals surface area contributed by atoms with Crippen LogP contribution in [0.2, 0.25) is 0 Å². The highest BCUT2D eigenvalue weighted by Gasteiger charge is 2.18. The molecule has 3 aromatic rings. The number of aromatic nitrogens is 1. The average Bonchev–Trinajstić information content (AvgIpc) is 2.96. The molecule has 112 valence electrons. The van der Waals surface area contributed by atoms with Crippen LogP contribution in [0.25, 0.3) is 22.0 Å². The van der Waals surface area contributed by atoms with Crippen molar-refractivity contribution in [2.24, 2.45) is 0 Å². The summed E-state index contributed by atoms with van der Waals surface area (Å²) in [5.74, 6) is -0.189. The molecular weight excluding hydrogens is 275 g/mol. The fourth-order valence-corrected chi connectivity index (χ4v) is 3.45. The summed E-state index contributed by atoms with van der Waals surface area (Å²) in [5.41, 5.74) is 3.54. The Balaban J connectivity index is 1.86. The predicted octanol–water partition coefficient (Wildman–Crippen LogP) is 4.37. The first kappa shape index (κ1) is 13.5. The predicted molar refractivity (Wildman–Crippen MR) is 88.5 cm³/mol. The van der Waals surface area contributed by atoms with E-state index >= 15 is 0 Å². The summed E-state index contributed by atoms with van der Waals surface area (Å²) in [4.78, 5) is 0. The maximum Gasteiger partial charge on any atom is 0.123 e. The zero-order chi connectivity index (χ0) is 14.9. The van der Waals surface area contributed by atoms with Gasteiger partial charge in [-0.2, -0.15) is 0 Å². The maximum absolute atomic E-state index is 13.2. The topological polar surface area (TPSA) is 17.0 Å². The molecule has 0 spiro atoms. The lowest BCUT2D eigenvalue weighted by Crippen LogP contribution is -2.29. The number of piperidine rings is 1. The molecule has 3 heteroatoms. The van der Waals surface area contributed by atoms with Gasteiger partial charge in [-0.25, -0.2) is 4.39 Å². The Morgan fingerprint density at radius 1 is 0.955 bits per heavy atom. The molecule has 1 aliphatic rings. The zero-order valence-electron chi connectivity index (χ0n) is 12.4. The third-order valence-electron chi connectivity index (χ3n) is 4.60. The molecule has 0 radical (unpaired) electrons. The van der Waals surface area contributed by atoms with Gasteiger partial charge in [-0.1, -0.05) is 30.3 Å². The van der Waals surface area contributed by atoms with Crippen molar-refractivity contribution in [2.75, 3.05) is 13.1 Å². The molecule has 0 bridgehead atoms.